The second-order valence-electron chi connectivity index (χ2n) is 5.78. The van der Waals surface area contributed by atoms with Crippen LogP contribution in [0.1, 0.15) is 30.7 Å². The van der Waals surface area contributed by atoms with Gasteiger partial charge in [0, 0.05) is 19.4 Å². The summed E-state index contributed by atoms with van der Waals surface area (Å²) < 4.78 is 5.20. The van der Waals surface area contributed by atoms with Gasteiger partial charge in [0.2, 0.25) is 17.6 Å². The van der Waals surface area contributed by atoms with Crippen LogP contribution in [-0.4, -0.2) is 22.6 Å². The third kappa shape index (κ3) is 5.53. The van der Waals surface area contributed by atoms with E-state index >= 15 is 0 Å². The fourth-order valence-corrected chi connectivity index (χ4v) is 3.15. The summed E-state index contributed by atoms with van der Waals surface area (Å²) in [7, 11) is 0. The maximum atomic E-state index is 11.9. The van der Waals surface area contributed by atoms with Crippen LogP contribution in [0.25, 0.3) is 10.7 Å². The molecule has 0 aliphatic rings. The van der Waals surface area contributed by atoms with E-state index in [1.54, 1.807) is 11.3 Å². The lowest BCUT2D eigenvalue weighted by Gasteiger charge is -2.04. The third-order valence-corrected chi connectivity index (χ3v) is 4.70. The summed E-state index contributed by atoms with van der Waals surface area (Å²) in [6, 6.07) is 14.3. The first-order chi connectivity index (χ1) is 12.3. The van der Waals surface area contributed by atoms with Crippen LogP contribution < -0.4 is 5.32 Å². The van der Waals surface area contributed by atoms with E-state index in [9.17, 15) is 4.79 Å². The van der Waals surface area contributed by atoms with E-state index in [2.05, 4.69) is 39.7 Å². The first-order valence-corrected chi connectivity index (χ1v) is 9.36. The molecule has 0 bridgehead atoms. The van der Waals surface area contributed by atoms with Gasteiger partial charge in [-0.15, -0.1) is 11.3 Å². The van der Waals surface area contributed by atoms with Crippen molar-refractivity contribution in [3.63, 3.8) is 0 Å². The van der Waals surface area contributed by atoms with Crippen LogP contribution in [0.5, 0.6) is 0 Å². The summed E-state index contributed by atoms with van der Waals surface area (Å²) in [4.78, 5) is 17.2. The Morgan fingerprint density at radius 3 is 2.76 bits per heavy atom. The average molecular weight is 355 g/mol. The fourth-order valence-electron chi connectivity index (χ4n) is 2.50. The van der Waals surface area contributed by atoms with Crippen molar-refractivity contribution in [2.24, 2.45) is 0 Å². The molecule has 2 aromatic heterocycles. The molecule has 25 heavy (non-hydrogen) atoms. The first kappa shape index (κ1) is 17.4. The normalized spacial score (nSPS) is 10.7. The number of nitrogens with zero attached hydrogens (tertiary/aromatic N) is 2. The number of amides is 1. The zero-order chi connectivity index (χ0) is 17.3. The van der Waals surface area contributed by atoms with Crippen molar-refractivity contribution < 1.29 is 9.32 Å². The minimum absolute atomic E-state index is 0.0237. The quantitative estimate of drug-likeness (QED) is 0.592. The van der Waals surface area contributed by atoms with Crippen LogP contribution in [-0.2, 0) is 17.6 Å². The Hall–Kier alpha value is -2.47. The molecule has 0 aliphatic carbocycles. The van der Waals surface area contributed by atoms with Crippen molar-refractivity contribution in [1.82, 2.24) is 15.5 Å². The van der Waals surface area contributed by atoms with Gasteiger partial charge in [-0.25, -0.2) is 0 Å². The van der Waals surface area contributed by atoms with Crippen LogP contribution in [0.3, 0.4) is 0 Å². The Kier molecular flexibility index (Phi) is 6.34. The van der Waals surface area contributed by atoms with Gasteiger partial charge in [-0.1, -0.05) is 41.6 Å². The topological polar surface area (TPSA) is 68.0 Å². The summed E-state index contributed by atoms with van der Waals surface area (Å²) in [5, 5.41) is 8.86. The molecule has 1 amide bonds. The fraction of sp³-hybridized carbons (Fsp3) is 0.316. The second kappa shape index (κ2) is 9.13. The van der Waals surface area contributed by atoms with Crippen molar-refractivity contribution in [3.05, 3.63) is 59.3 Å². The molecule has 0 radical (unpaired) electrons. The van der Waals surface area contributed by atoms with E-state index in [0.717, 1.165) is 24.1 Å². The molecule has 1 N–H and O–H groups in total. The molecule has 0 fully saturated rings. The van der Waals surface area contributed by atoms with Gasteiger partial charge in [-0.2, -0.15) is 4.98 Å². The number of unbranched alkanes of at least 4 members (excludes halogenated alkanes) is 1. The van der Waals surface area contributed by atoms with Gasteiger partial charge in [0.15, 0.2) is 0 Å². The van der Waals surface area contributed by atoms with Crippen molar-refractivity contribution in [2.75, 3.05) is 6.54 Å². The van der Waals surface area contributed by atoms with Crippen LogP contribution in [0.15, 0.2) is 52.4 Å². The summed E-state index contributed by atoms with van der Waals surface area (Å²) in [6.45, 7) is 0.704. The molecule has 0 aliphatic heterocycles. The lowest BCUT2D eigenvalue weighted by molar-refractivity contribution is -0.121. The zero-order valence-corrected chi connectivity index (χ0v) is 14.8. The highest BCUT2D eigenvalue weighted by atomic mass is 32.1. The lowest BCUT2D eigenvalue weighted by Crippen LogP contribution is -2.24. The van der Waals surface area contributed by atoms with Crippen molar-refractivity contribution in [1.29, 1.82) is 0 Å². The highest BCUT2D eigenvalue weighted by Gasteiger charge is 2.11. The number of benzene rings is 1. The van der Waals surface area contributed by atoms with E-state index in [4.69, 9.17) is 4.52 Å². The molecule has 1 aromatic carbocycles. The summed E-state index contributed by atoms with van der Waals surface area (Å²) in [6.07, 6.45) is 3.92. The molecule has 5 nitrogen and oxygen atoms in total. The Balaban J connectivity index is 1.30. The van der Waals surface area contributed by atoms with E-state index < -0.39 is 0 Å². The Labute approximate surface area is 151 Å². The molecule has 0 saturated heterocycles. The molecule has 2 heterocycles. The maximum Gasteiger partial charge on any atom is 0.227 e. The van der Waals surface area contributed by atoms with Gasteiger partial charge in [0.1, 0.15) is 0 Å². The third-order valence-electron chi connectivity index (χ3n) is 3.83. The van der Waals surface area contributed by atoms with Crippen molar-refractivity contribution >= 4 is 17.2 Å². The first-order valence-electron chi connectivity index (χ1n) is 8.48. The highest BCUT2D eigenvalue weighted by Crippen LogP contribution is 2.21. The number of thiophene rings is 1. The molecular weight excluding hydrogens is 334 g/mol. The summed E-state index contributed by atoms with van der Waals surface area (Å²) in [5.74, 6) is 1.12. The SMILES string of the molecule is O=C(CCc1nc(-c2cccs2)no1)NCCCCc1ccccc1. The second-order valence-corrected chi connectivity index (χ2v) is 6.73. The maximum absolute atomic E-state index is 11.9. The van der Waals surface area contributed by atoms with Gasteiger partial charge in [0.05, 0.1) is 4.88 Å². The van der Waals surface area contributed by atoms with Gasteiger partial charge in [-0.3, -0.25) is 4.79 Å². The molecule has 0 spiro atoms. The molecule has 130 valence electrons. The minimum atomic E-state index is 0.0237. The van der Waals surface area contributed by atoms with Crippen LogP contribution in [0.4, 0.5) is 0 Å². The largest absolute Gasteiger partial charge is 0.356 e. The zero-order valence-electron chi connectivity index (χ0n) is 14.0. The standard InChI is InChI=1S/C19H21N3O2S/c23-17(20-13-5-4-9-15-7-2-1-3-8-15)11-12-18-21-19(22-24-18)16-10-6-14-25-16/h1-3,6-8,10,14H,4-5,9,11-13H2,(H,20,23). The number of hydrogen-bond donors (Lipinski definition) is 1. The smallest absolute Gasteiger partial charge is 0.227 e. The van der Waals surface area contributed by atoms with Crippen molar-refractivity contribution in [3.8, 4) is 10.7 Å². The Bertz CT molecular complexity index is 769. The summed E-state index contributed by atoms with van der Waals surface area (Å²) in [5.41, 5.74) is 1.34. The minimum Gasteiger partial charge on any atom is -0.356 e. The summed E-state index contributed by atoms with van der Waals surface area (Å²) >= 11 is 1.56. The van der Waals surface area contributed by atoms with Gasteiger partial charge < -0.3 is 9.84 Å². The van der Waals surface area contributed by atoms with Gasteiger partial charge in [-0.05, 0) is 36.3 Å². The van der Waals surface area contributed by atoms with E-state index in [1.165, 1.54) is 5.56 Å². The van der Waals surface area contributed by atoms with Gasteiger partial charge >= 0.3 is 0 Å². The molecule has 0 saturated carbocycles. The Morgan fingerprint density at radius 1 is 1.08 bits per heavy atom. The molecular formula is C19H21N3O2S. The number of aryl methyl sites for hydroxylation is 2. The molecule has 0 unspecified atom stereocenters. The highest BCUT2D eigenvalue weighted by molar-refractivity contribution is 7.13. The van der Waals surface area contributed by atoms with E-state index in [0.29, 0.717) is 31.1 Å². The van der Waals surface area contributed by atoms with Crippen LogP contribution >= 0.6 is 11.3 Å². The molecule has 3 aromatic rings. The predicted octanol–water partition coefficient (Wildman–Crippen LogP) is 3.87. The monoisotopic (exact) mass is 355 g/mol. The molecule has 6 heteroatoms. The van der Waals surface area contributed by atoms with E-state index in [1.807, 2.05) is 23.6 Å². The van der Waals surface area contributed by atoms with E-state index in [-0.39, 0.29) is 5.91 Å². The number of aromatic nitrogens is 2. The van der Waals surface area contributed by atoms with Crippen LogP contribution in [0.2, 0.25) is 0 Å². The molecule has 3 rings (SSSR count). The van der Waals surface area contributed by atoms with Gasteiger partial charge in [0.25, 0.3) is 0 Å². The average Bonchev–Trinajstić information content (AvgIpc) is 3.32. The number of carbonyl (C=O) groups excluding carboxylic acids is 1. The Morgan fingerprint density at radius 2 is 1.96 bits per heavy atom. The van der Waals surface area contributed by atoms with Crippen LogP contribution in [0, 0.1) is 0 Å². The predicted molar refractivity (Wildman–Crippen MR) is 98.3 cm³/mol. The van der Waals surface area contributed by atoms with Crippen molar-refractivity contribution in [2.45, 2.75) is 32.1 Å². The number of carbonyl (C=O) groups is 1. The number of nitrogens with one attached hydrogen (secondary N) is 1. The number of hydrogen-bond acceptors (Lipinski definition) is 5. The number of rotatable bonds is 9. The lowest BCUT2D eigenvalue weighted by atomic mass is 10.1. The molecule has 0 atom stereocenters.